The van der Waals surface area contributed by atoms with E-state index in [-0.39, 0.29) is 29.8 Å². The molecular formula is C31H46FN5O4. The lowest BCUT2D eigenvalue weighted by Crippen LogP contribution is -2.55. The van der Waals surface area contributed by atoms with Gasteiger partial charge in [0, 0.05) is 44.8 Å². The Morgan fingerprint density at radius 3 is 2.41 bits per heavy atom. The number of halogens is 1. The molecule has 226 valence electrons. The maximum absolute atomic E-state index is 15.2. The maximum Gasteiger partial charge on any atom is 0.407 e. The van der Waals surface area contributed by atoms with Crippen LogP contribution < -0.4 is 20.4 Å². The molecule has 2 N–H and O–H groups in total. The summed E-state index contributed by atoms with van der Waals surface area (Å²) in [5.74, 6) is -0.244. The SMILES string of the molecule is CN(c1ccc(N2CCC(CN3CCC4(CC3)CC(NC(=O)OC(C)(C)C)C4)CC2)c(F)c1)C1CCC(=O)NC1=O. The zero-order valence-electron chi connectivity index (χ0n) is 25.0. The van der Waals surface area contributed by atoms with Gasteiger partial charge in [0.05, 0.1) is 5.69 Å². The van der Waals surface area contributed by atoms with Crippen LogP contribution in [0.3, 0.4) is 0 Å². The molecule has 1 saturated carbocycles. The first-order valence-electron chi connectivity index (χ1n) is 15.2. The summed E-state index contributed by atoms with van der Waals surface area (Å²) in [6, 6.07) is 4.95. The molecule has 3 aliphatic heterocycles. The van der Waals surface area contributed by atoms with Gasteiger partial charge in [-0.1, -0.05) is 0 Å². The highest BCUT2D eigenvalue weighted by atomic mass is 19.1. The molecule has 4 fully saturated rings. The number of nitrogens with zero attached hydrogens (tertiary/aromatic N) is 3. The van der Waals surface area contributed by atoms with Crippen LogP contribution in [0.2, 0.25) is 0 Å². The Hall–Kier alpha value is -2.88. The van der Waals surface area contributed by atoms with E-state index in [2.05, 4.69) is 20.4 Å². The van der Waals surface area contributed by atoms with Crippen LogP contribution in [0.25, 0.3) is 0 Å². The lowest BCUT2D eigenvalue weighted by atomic mass is 9.60. The fourth-order valence-electron chi connectivity index (χ4n) is 7.10. The minimum atomic E-state index is -0.474. The monoisotopic (exact) mass is 571 g/mol. The van der Waals surface area contributed by atoms with Gasteiger partial charge in [0.25, 0.3) is 0 Å². The molecule has 1 aliphatic carbocycles. The zero-order chi connectivity index (χ0) is 29.4. The Morgan fingerprint density at radius 1 is 1.12 bits per heavy atom. The van der Waals surface area contributed by atoms with Crippen LogP contribution in [0, 0.1) is 17.2 Å². The summed E-state index contributed by atoms with van der Waals surface area (Å²) in [5.41, 5.74) is 1.15. The van der Waals surface area contributed by atoms with Crippen LogP contribution in [0.5, 0.6) is 0 Å². The Balaban J connectivity index is 1.04. The van der Waals surface area contributed by atoms with Crippen molar-refractivity contribution in [3.8, 4) is 0 Å². The average Bonchev–Trinajstić information content (AvgIpc) is 2.88. The molecule has 41 heavy (non-hydrogen) atoms. The van der Waals surface area contributed by atoms with Crippen molar-refractivity contribution in [2.75, 3.05) is 49.6 Å². The minimum Gasteiger partial charge on any atom is -0.444 e. The van der Waals surface area contributed by atoms with Gasteiger partial charge in [0.2, 0.25) is 11.8 Å². The zero-order valence-corrected chi connectivity index (χ0v) is 25.0. The number of benzene rings is 1. The smallest absolute Gasteiger partial charge is 0.407 e. The highest BCUT2D eigenvalue weighted by Crippen LogP contribution is 2.49. The molecule has 1 spiro atoms. The van der Waals surface area contributed by atoms with Crippen molar-refractivity contribution in [1.29, 1.82) is 0 Å². The molecule has 1 atom stereocenters. The number of likely N-dealkylation sites (N-methyl/N-ethyl adjacent to an activating group) is 1. The van der Waals surface area contributed by atoms with Gasteiger partial charge in [-0.3, -0.25) is 14.9 Å². The second kappa shape index (κ2) is 11.8. The number of ether oxygens (including phenoxy) is 1. The standard InChI is InChI=1S/C31H46FN5O4/c1-30(2,3)41-29(40)33-22-18-31(19-22)11-15-36(16-12-31)20-21-9-13-37(14-10-21)25-6-5-23(17-24(25)32)35(4)26-7-8-27(38)34-28(26)39/h5-6,17,21-22,26H,7-16,18-20H2,1-4H3,(H,33,40)(H,34,38,39). The Kier molecular flexibility index (Phi) is 8.51. The van der Waals surface area contributed by atoms with Gasteiger partial charge in [-0.25, -0.2) is 9.18 Å². The van der Waals surface area contributed by atoms with E-state index in [1.54, 1.807) is 11.9 Å². The lowest BCUT2D eigenvalue weighted by Gasteiger charge is -2.52. The van der Waals surface area contributed by atoms with Crippen LogP contribution in [-0.2, 0) is 14.3 Å². The van der Waals surface area contributed by atoms with Gasteiger partial charge >= 0.3 is 6.09 Å². The number of carbonyl (C=O) groups excluding carboxylic acids is 3. The van der Waals surface area contributed by atoms with Gasteiger partial charge < -0.3 is 24.8 Å². The summed E-state index contributed by atoms with van der Waals surface area (Å²) in [5, 5.41) is 5.41. The number of carbonyl (C=O) groups is 3. The van der Waals surface area contributed by atoms with E-state index in [0.29, 0.717) is 35.5 Å². The molecule has 0 bridgehead atoms. The van der Waals surface area contributed by atoms with Gasteiger partial charge in [-0.2, -0.15) is 0 Å². The van der Waals surface area contributed by atoms with Crippen LogP contribution in [0.1, 0.15) is 72.1 Å². The second-order valence-corrected chi connectivity index (χ2v) is 13.7. The number of likely N-dealkylation sites (tertiary alicyclic amines) is 1. The summed E-state index contributed by atoms with van der Waals surface area (Å²) in [6.45, 7) is 10.6. The molecule has 1 aromatic rings. The first kappa shape index (κ1) is 29.6. The molecular weight excluding hydrogens is 525 g/mol. The first-order valence-corrected chi connectivity index (χ1v) is 15.2. The summed E-state index contributed by atoms with van der Waals surface area (Å²) in [6.07, 6.45) is 6.97. The van der Waals surface area contributed by atoms with Crippen molar-refractivity contribution in [2.24, 2.45) is 11.3 Å². The number of alkyl carbamates (subject to hydrolysis) is 1. The highest BCUT2D eigenvalue weighted by molar-refractivity contribution is 6.01. The third-order valence-corrected chi connectivity index (χ3v) is 9.48. The number of hydrogen-bond donors (Lipinski definition) is 2. The first-order chi connectivity index (χ1) is 19.4. The number of piperidine rings is 3. The molecule has 0 radical (unpaired) electrons. The molecule has 3 saturated heterocycles. The van der Waals surface area contributed by atoms with E-state index >= 15 is 4.39 Å². The van der Waals surface area contributed by atoms with Gasteiger partial charge in [-0.05, 0) is 108 Å². The number of hydrogen-bond acceptors (Lipinski definition) is 7. The fourth-order valence-corrected chi connectivity index (χ4v) is 7.10. The van der Waals surface area contributed by atoms with Crippen molar-refractivity contribution in [1.82, 2.24) is 15.5 Å². The Bertz CT molecular complexity index is 1130. The summed E-state index contributed by atoms with van der Waals surface area (Å²) < 4.78 is 20.6. The van der Waals surface area contributed by atoms with E-state index in [4.69, 9.17) is 4.74 Å². The predicted molar refractivity (Wildman–Crippen MR) is 156 cm³/mol. The van der Waals surface area contributed by atoms with E-state index in [1.165, 1.54) is 18.9 Å². The van der Waals surface area contributed by atoms with Crippen molar-refractivity contribution < 1.29 is 23.5 Å². The van der Waals surface area contributed by atoms with Crippen LogP contribution >= 0.6 is 0 Å². The summed E-state index contributed by atoms with van der Waals surface area (Å²) >= 11 is 0. The molecule has 5 rings (SSSR count). The molecule has 4 aliphatic rings. The van der Waals surface area contributed by atoms with Crippen LogP contribution in [0.15, 0.2) is 18.2 Å². The largest absolute Gasteiger partial charge is 0.444 e. The van der Waals surface area contributed by atoms with E-state index in [9.17, 15) is 14.4 Å². The summed E-state index contributed by atoms with van der Waals surface area (Å²) in [4.78, 5) is 42.3. The quantitative estimate of drug-likeness (QED) is 0.498. The predicted octanol–water partition coefficient (Wildman–Crippen LogP) is 4.05. The number of nitrogens with one attached hydrogen (secondary N) is 2. The van der Waals surface area contributed by atoms with Crippen molar-refractivity contribution in [3.05, 3.63) is 24.0 Å². The van der Waals surface area contributed by atoms with E-state index in [1.807, 2.05) is 32.9 Å². The van der Waals surface area contributed by atoms with Gasteiger partial charge in [0.15, 0.2) is 0 Å². The molecule has 9 nitrogen and oxygen atoms in total. The minimum absolute atomic E-state index is 0.230. The second-order valence-electron chi connectivity index (χ2n) is 13.7. The van der Waals surface area contributed by atoms with E-state index in [0.717, 1.165) is 58.4 Å². The Labute approximate surface area is 243 Å². The number of amides is 3. The van der Waals surface area contributed by atoms with Crippen LogP contribution in [-0.4, -0.2) is 80.3 Å². The lowest BCUT2D eigenvalue weighted by molar-refractivity contribution is -0.134. The van der Waals surface area contributed by atoms with Gasteiger partial charge in [0.1, 0.15) is 17.5 Å². The van der Waals surface area contributed by atoms with Crippen molar-refractivity contribution in [2.45, 2.75) is 89.8 Å². The summed E-state index contributed by atoms with van der Waals surface area (Å²) in [7, 11) is 1.77. The fraction of sp³-hybridized carbons (Fsp3) is 0.710. The highest BCUT2D eigenvalue weighted by Gasteiger charge is 2.46. The molecule has 0 aromatic heterocycles. The molecule has 3 heterocycles. The number of rotatable bonds is 6. The third kappa shape index (κ3) is 7.13. The van der Waals surface area contributed by atoms with Crippen LogP contribution in [0.4, 0.5) is 20.6 Å². The number of anilines is 2. The third-order valence-electron chi connectivity index (χ3n) is 9.48. The normalized spacial score (nSPS) is 24.1. The topological polar surface area (TPSA) is 94.2 Å². The molecule has 10 heteroatoms. The Morgan fingerprint density at radius 2 is 1.80 bits per heavy atom. The number of imide groups is 1. The molecule has 1 unspecified atom stereocenters. The van der Waals surface area contributed by atoms with Gasteiger partial charge in [-0.15, -0.1) is 0 Å². The van der Waals surface area contributed by atoms with E-state index < -0.39 is 11.6 Å². The maximum atomic E-state index is 15.2. The van der Waals surface area contributed by atoms with Crippen molar-refractivity contribution >= 4 is 29.3 Å². The molecule has 3 amide bonds. The molecule has 1 aromatic carbocycles. The van der Waals surface area contributed by atoms with Crippen molar-refractivity contribution in [3.63, 3.8) is 0 Å². The average molecular weight is 572 g/mol.